The minimum Gasteiger partial charge on any atom is -0.600 e. The van der Waals surface area contributed by atoms with Gasteiger partial charge in [-0.15, -0.1) is 0 Å². The minimum absolute atomic E-state index is 0.0733. The topological polar surface area (TPSA) is 78.8 Å². The zero-order chi connectivity index (χ0) is 15.0. The van der Waals surface area contributed by atoms with Gasteiger partial charge in [0.25, 0.3) is 0 Å². The van der Waals surface area contributed by atoms with Crippen LogP contribution < -0.4 is 0 Å². The average molecular weight is 330 g/mol. The molecule has 0 aliphatic rings. The Kier molecular flexibility index (Phi) is 10.5. The van der Waals surface area contributed by atoms with E-state index < -0.39 is 29.3 Å². The maximum absolute atomic E-state index is 12.1. The second-order valence-electron chi connectivity index (χ2n) is 4.48. The average Bonchev–Trinajstić information content (AvgIpc) is 2.26. The summed E-state index contributed by atoms with van der Waals surface area (Å²) in [6.07, 6.45) is 0.375. The number of aliphatic carboxylic acids is 1. The highest BCUT2D eigenvalue weighted by atomic mass is 33.4. The van der Waals surface area contributed by atoms with Gasteiger partial charge in [-0.3, -0.25) is 13.8 Å². The van der Waals surface area contributed by atoms with Gasteiger partial charge in [-0.1, -0.05) is 6.92 Å². The molecule has 0 aliphatic heterocycles. The molecule has 0 spiro atoms. The van der Waals surface area contributed by atoms with Crippen LogP contribution >= 0.6 is 18.4 Å². The van der Waals surface area contributed by atoms with Gasteiger partial charge in [0.2, 0.25) is 0 Å². The predicted molar refractivity (Wildman–Crippen MR) is 81.4 cm³/mol. The Balaban J connectivity index is 4.37. The lowest BCUT2D eigenvalue weighted by atomic mass is 10.1. The lowest BCUT2D eigenvalue weighted by Crippen LogP contribution is -2.17. The van der Waals surface area contributed by atoms with Crippen LogP contribution in [0.25, 0.3) is 0 Å². The second kappa shape index (κ2) is 10.2. The second-order valence-corrected chi connectivity index (χ2v) is 10.6. The summed E-state index contributed by atoms with van der Waals surface area (Å²) in [6, 6.07) is 0. The molecule has 0 aromatic rings. The molecule has 0 aliphatic carbocycles. The van der Waals surface area contributed by atoms with Gasteiger partial charge in [-0.05, 0) is 34.1 Å². The number of carbonyl (C=O) groups is 1. The molecule has 0 bridgehead atoms. The first-order chi connectivity index (χ1) is 8.77. The molecule has 0 fully saturated rings. The molecule has 0 heterocycles. The predicted octanol–water partition coefficient (Wildman–Crippen LogP) is 3.57. The lowest BCUT2D eigenvalue weighted by Gasteiger charge is -2.21. The molecule has 0 aromatic heterocycles. The van der Waals surface area contributed by atoms with Gasteiger partial charge in [0.1, 0.15) is 0 Å². The molecule has 0 rings (SSSR count). The fourth-order valence-electron chi connectivity index (χ4n) is 0.987. The van der Waals surface area contributed by atoms with Gasteiger partial charge in [0.05, 0.1) is 44.5 Å². The summed E-state index contributed by atoms with van der Waals surface area (Å²) in [6.45, 7) is 9.22. The van der Waals surface area contributed by atoms with E-state index in [1.807, 2.05) is 27.7 Å². The summed E-state index contributed by atoms with van der Waals surface area (Å²) < 4.78 is 23.2. The van der Waals surface area contributed by atoms with E-state index >= 15 is 0 Å². The van der Waals surface area contributed by atoms with Crippen LogP contribution in [0, 0.1) is 5.92 Å². The fourth-order valence-corrected chi connectivity index (χ4v) is 7.12. The molecular weight excluding hydrogens is 307 g/mol. The monoisotopic (exact) mass is 330 g/mol. The van der Waals surface area contributed by atoms with Gasteiger partial charge in [-0.25, -0.2) is 0 Å². The van der Waals surface area contributed by atoms with E-state index in [-0.39, 0.29) is 12.2 Å². The maximum Gasteiger partial charge on any atom is 0.439 e. The van der Waals surface area contributed by atoms with E-state index in [1.54, 1.807) is 6.92 Å². The minimum atomic E-state index is -1.51. The molecule has 1 N–H and O–H groups in total. The Labute approximate surface area is 123 Å². The van der Waals surface area contributed by atoms with Crippen molar-refractivity contribution in [2.75, 3.05) is 5.75 Å². The molecular formula is C11H23O5PS2. The zero-order valence-corrected chi connectivity index (χ0v) is 14.5. The summed E-state index contributed by atoms with van der Waals surface area (Å²) in [5.74, 6) is -1.03. The van der Waals surface area contributed by atoms with E-state index in [0.29, 0.717) is 12.2 Å². The fraction of sp³-hybridized carbons (Fsp3) is 0.909. The number of carboxylic acids is 1. The lowest BCUT2D eigenvalue weighted by molar-refractivity contribution is -0.140. The summed E-state index contributed by atoms with van der Waals surface area (Å²) in [5.41, 5.74) is 0. The number of hydrogen-bond acceptors (Lipinski definition) is 5. The van der Waals surface area contributed by atoms with Gasteiger partial charge in [0, 0.05) is 0 Å². The molecule has 2 atom stereocenters. The molecule has 5 nitrogen and oxygen atoms in total. The van der Waals surface area contributed by atoms with Crippen molar-refractivity contribution in [3.05, 3.63) is 0 Å². The van der Waals surface area contributed by atoms with Crippen molar-refractivity contribution in [1.82, 2.24) is 0 Å². The summed E-state index contributed by atoms with van der Waals surface area (Å²) in [5, 5.41) is 8.95. The largest absolute Gasteiger partial charge is 0.600 e. The summed E-state index contributed by atoms with van der Waals surface area (Å²) >= 11 is 0. The van der Waals surface area contributed by atoms with Crippen LogP contribution in [0.15, 0.2) is 0 Å². The summed E-state index contributed by atoms with van der Waals surface area (Å²) in [7, 11) is -1.78. The van der Waals surface area contributed by atoms with E-state index in [9.17, 15) is 9.35 Å². The van der Waals surface area contributed by atoms with Crippen molar-refractivity contribution < 1.29 is 23.5 Å². The molecule has 2 unspecified atom stereocenters. The van der Waals surface area contributed by atoms with E-state index in [2.05, 4.69) is 0 Å². The Bertz CT molecular complexity index is 255. The zero-order valence-electron chi connectivity index (χ0n) is 12.0. The molecule has 0 aromatic carbocycles. The van der Waals surface area contributed by atoms with Crippen LogP contribution in [0.1, 0.15) is 41.0 Å². The first-order valence-electron chi connectivity index (χ1n) is 6.19. The molecule has 0 saturated carbocycles. The van der Waals surface area contributed by atoms with Gasteiger partial charge in [0.15, 0.2) is 0 Å². The molecule has 0 radical (unpaired) electrons. The SMILES string of the molecule is CCC(CS[S+]([O-])P(OC(C)C)OC(C)C)C(=O)O. The molecule has 0 amide bonds. The molecule has 114 valence electrons. The number of carboxylic acid groups (broad SMARTS) is 1. The van der Waals surface area contributed by atoms with Gasteiger partial charge < -0.3 is 9.66 Å². The van der Waals surface area contributed by atoms with Crippen LogP contribution in [-0.4, -0.2) is 33.6 Å². The third kappa shape index (κ3) is 9.10. The summed E-state index contributed by atoms with van der Waals surface area (Å²) in [4.78, 5) is 10.9. The van der Waals surface area contributed by atoms with Crippen LogP contribution in [0.2, 0.25) is 0 Å². The standard InChI is InChI=1S/C11H23O5PS2/c1-6-10(11(12)13)7-18-19(14)17(15-8(2)3)16-9(4)5/h8-10H,6-7H2,1-5H3,(H,12,13). The Morgan fingerprint density at radius 1 is 1.32 bits per heavy atom. The van der Waals surface area contributed by atoms with Crippen molar-refractivity contribution >= 4 is 34.2 Å². The third-order valence-corrected chi connectivity index (χ3v) is 8.40. The highest BCUT2D eigenvalue weighted by Gasteiger charge is 2.33. The van der Waals surface area contributed by atoms with Crippen LogP contribution in [0.4, 0.5) is 0 Å². The van der Waals surface area contributed by atoms with Crippen molar-refractivity contribution in [1.29, 1.82) is 0 Å². The van der Waals surface area contributed by atoms with Gasteiger partial charge in [-0.2, -0.15) is 0 Å². The Hall–Kier alpha value is 0.480. The van der Waals surface area contributed by atoms with Crippen molar-refractivity contribution in [3.63, 3.8) is 0 Å². The van der Waals surface area contributed by atoms with E-state index in [4.69, 9.17) is 14.2 Å². The van der Waals surface area contributed by atoms with Crippen molar-refractivity contribution in [2.45, 2.75) is 53.2 Å². The molecule has 0 saturated heterocycles. The molecule has 19 heavy (non-hydrogen) atoms. The Morgan fingerprint density at radius 3 is 2.11 bits per heavy atom. The van der Waals surface area contributed by atoms with Gasteiger partial charge >= 0.3 is 13.5 Å². The first-order valence-corrected chi connectivity index (χ1v) is 10.6. The smallest absolute Gasteiger partial charge is 0.439 e. The van der Waals surface area contributed by atoms with Crippen molar-refractivity contribution in [3.8, 4) is 0 Å². The Morgan fingerprint density at radius 2 is 1.79 bits per heavy atom. The van der Waals surface area contributed by atoms with E-state index in [0.717, 1.165) is 10.8 Å². The normalized spacial score (nSPS) is 15.2. The number of rotatable bonds is 10. The van der Waals surface area contributed by atoms with Crippen LogP contribution in [0.5, 0.6) is 0 Å². The third-order valence-electron chi connectivity index (χ3n) is 1.93. The molecule has 8 heteroatoms. The quantitative estimate of drug-likeness (QED) is 0.375. The van der Waals surface area contributed by atoms with Crippen molar-refractivity contribution in [2.24, 2.45) is 5.92 Å². The highest BCUT2D eigenvalue weighted by Crippen LogP contribution is 2.53. The number of hydrogen-bond donors (Lipinski definition) is 1. The first kappa shape index (κ1) is 19.5. The van der Waals surface area contributed by atoms with Crippen LogP contribution in [-0.2, 0) is 23.7 Å². The van der Waals surface area contributed by atoms with E-state index in [1.165, 1.54) is 0 Å². The highest BCUT2D eigenvalue weighted by molar-refractivity contribution is 8.92. The van der Waals surface area contributed by atoms with Crippen LogP contribution in [0.3, 0.4) is 0 Å². The maximum atomic E-state index is 12.1.